The summed E-state index contributed by atoms with van der Waals surface area (Å²) in [7, 11) is 0. The molecule has 1 nitrogen and oxygen atoms in total. The van der Waals surface area contributed by atoms with E-state index in [1.165, 1.54) is 32.1 Å². The Morgan fingerprint density at radius 1 is 1.33 bits per heavy atom. The third kappa shape index (κ3) is 5.11. The van der Waals surface area contributed by atoms with Gasteiger partial charge in [-0.15, -0.1) is 11.3 Å². The van der Waals surface area contributed by atoms with E-state index in [2.05, 4.69) is 50.5 Å². The van der Waals surface area contributed by atoms with Gasteiger partial charge in [0, 0.05) is 17.5 Å². The molecule has 1 atom stereocenters. The van der Waals surface area contributed by atoms with Crippen molar-refractivity contribution in [3.05, 3.63) is 22.4 Å². The summed E-state index contributed by atoms with van der Waals surface area (Å²) >= 11 is 1.91. The molecule has 1 heterocycles. The largest absolute Gasteiger partial charge is 0.314 e. The molecule has 0 spiro atoms. The summed E-state index contributed by atoms with van der Waals surface area (Å²) in [5.74, 6) is 0. The first-order valence-electron chi connectivity index (χ1n) is 7.37. The van der Waals surface area contributed by atoms with Crippen LogP contribution in [0.2, 0.25) is 0 Å². The standard InChI is InChI=1S/C16H29NS/c1-5-7-10-16(6-2,13-17-14(3)4)12-15-9-8-11-18-15/h8-9,11,14,17H,5-7,10,12-13H2,1-4H3. The second-order valence-electron chi connectivity index (χ2n) is 5.75. The monoisotopic (exact) mass is 267 g/mol. The first-order chi connectivity index (χ1) is 8.62. The lowest BCUT2D eigenvalue weighted by atomic mass is 9.76. The van der Waals surface area contributed by atoms with E-state index >= 15 is 0 Å². The third-order valence-corrected chi connectivity index (χ3v) is 4.70. The molecule has 1 unspecified atom stereocenters. The molecular weight excluding hydrogens is 238 g/mol. The Morgan fingerprint density at radius 2 is 2.11 bits per heavy atom. The van der Waals surface area contributed by atoms with Crippen molar-refractivity contribution in [2.24, 2.45) is 5.41 Å². The molecule has 0 aliphatic heterocycles. The molecule has 2 heteroatoms. The first kappa shape index (κ1) is 15.7. The van der Waals surface area contributed by atoms with Crippen molar-refractivity contribution < 1.29 is 0 Å². The Balaban J connectivity index is 2.69. The third-order valence-electron chi connectivity index (χ3n) is 3.83. The van der Waals surface area contributed by atoms with E-state index in [9.17, 15) is 0 Å². The Kier molecular flexibility index (Phi) is 6.95. The van der Waals surface area contributed by atoms with Gasteiger partial charge in [-0.05, 0) is 36.1 Å². The molecule has 1 aromatic rings. The fraction of sp³-hybridized carbons (Fsp3) is 0.750. The number of thiophene rings is 1. The Labute approximate surface area is 117 Å². The maximum absolute atomic E-state index is 3.66. The lowest BCUT2D eigenvalue weighted by Gasteiger charge is -2.34. The van der Waals surface area contributed by atoms with Gasteiger partial charge >= 0.3 is 0 Å². The number of hydrogen-bond acceptors (Lipinski definition) is 2. The van der Waals surface area contributed by atoms with E-state index < -0.39 is 0 Å². The van der Waals surface area contributed by atoms with E-state index in [4.69, 9.17) is 0 Å². The molecule has 0 amide bonds. The highest BCUT2D eigenvalue weighted by Gasteiger charge is 2.28. The molecule has 1 N–H and O–H groups in total. The van der Waals surface area contributed by atoms with Crippen LogP contribution in [0.3, 0.4) is 0 Å². The van der Waals surface area contributed by atoms with E-state index in [1.54, 1.807) is 4.88 Å². The molecule has 0 saturated heterocycles. The lowest BCUT2D eigenvalue weighted by molar-refractivity contribution is 0.224. The van der Waals surface area contributed by atoms with Crippen LogP contribution < -0.4 is 5.32 Å². The zero-order chi connectivity index (χ0) is 13.4. The average Bonchev–Trinajstić information content (AvgIpc) is 2.85. The van der Waals surface area contributed by atoms with Gasteiger partial charge in [-0.25, -0.2) is 0 Å². The van der Waals surface area contributed by atoms with Crippen LogP contribution in [0.1, 0.15) is 58.3 Å². The van der Waals surface area contributed by atoms with Crippen molar-refractivity contribution >= 4 is 11.3 Å². The number of nitrogens with one attached hydrogen (secondary N) is 1. The smallest absolute Gasteiger partial charge is 0.00512 e. The van der Waals surface area contributed by atoms with Crippen molar-refractivity contribution in [1.29, 1.82) is 0 Å². The van der Waals surface area contributed by atoms with E-state index in [0.29, 0.717) is 11.5 Å². The zero-order valence-corrected chi connectivity index (χ0v) is 13.3. The van der Waals surface area contributed by atoms with Crippen molar-refractivity contribution in [3.63, 3.8) is 0 Å². The predicted octanol–water partition coefficient (Wildman–Crippen LogP) is 4.88. The maximum atomic E-state index is 3.66. The van der Waals surface area contributed by atoms with Crippen LogP contribution in [0, 0.1) is 5.41 Å². The van der Waals surface area contributed by atoms with Gasteiger partial charge in [-0.2, -0.15) is 0 Å². The van der Waals surface area contributed by atoms with E-state index in [0.717, 1.165) is 6.54 Å². The molecule has 0 aromatic carbocycles. The predicted molar refractivity (Wildman–Crippen MR) is 83.4 cm³/mol. The van der Waals surface area contributed by atoms with E-state index in [1.807, 2.05) is 11.3 Å². The fourth-order valence-corrected chi connectivity index (χ4v) is 3.30. The summed E-state index contributed by atoms with van der Waals surface area (Å²) in [4.78, 5) is 1.54. The molecule has 0 bridgehead atoms. The van der Waals surface area contributed by atoms with Crippen molar-refractivity contribution in [3.8, 4) is 0 Å². The van der Waals surface area contributed by atoms with Crippen LogP contribution in [0.15, 0.2) is 17.5 Å². The summed E-state index contributed by atoms with van der Waals surface area (Å²) in [6.07, 6.45) is 6.50. The zero-order valence-electron chi connectivity index (χ0n) is 12.5. The van der Waals surface area contributed by atoms with Gasteiger partial charge in [-0.3, -0.25) is 0 Å². The molecular formula is C16H29NS. The van der Waals surface area contributed by atoms with Crippen LogP contribution in [-0.4, -0.2) is 12.6 Å². The molecule has 0 aliphatic carbocycles. The minimum Gasteiger partial charge on any atom is -0.314 e. The van der Waals surface area contributed by atoms with Gasteiger partial charge in [0.25, 0.3) is 0 Å². The highest BCUT2D eigenvalue weighted by Crippen LogP contribution is 2.34. The topological polar surface area (TPSA) is 12.0 Å². The maximum Gasteiger partial charge on any atom is 0.00512 e. The average molecular weight is 267 g/mol. The molecule has 1 rings (SSSR count). The molecule has 0 aliphatic rings. The van der Waals surface area contributed by atoms with Gasteiger partial charge in [0.15, 0.2) is 0 Å². The minimum absolute atomic E-state index is 0.450. The Morgan fingerprint density at radius 3 is 2.61 bits per heavy atom. The summed E-state index contributed by atoms with van der Waals surface area (Å²) in [5.41, 5.74) is 0.450. The highest BCUT2D eigenvalue weighted by atomic mass is 32.1. The number of hydrogen-bond donors (Lipinski definition) is 1. The van der Waals surface area contributed by atoms with Gasteiger partial charge in [0.2, 0.25) is 0 Å². The first-order valence-corrected chi connectivity index (χ1v) is 8.25. The molecule has 0 fully saturated rings. The molecule has 104 valence electrons. The van der Waals surface area contributed by atoms with Crippen LogP contribution >= 0.6 is 11.3 Å². The minimum atomic E-state index is 0.450. The van der Waals surface area contributed by atoms with Crippen LogP contribution in [-0.2, 0) is 6.42 Å². The van der Waals surface area contributed by atoms with Crippen molar-refractivity contribution in [2.75, 3.05) is 6.54 Å². The summed E-state index contributed by atoms with van der Waals surface area (Å²) in [5, 5.41) is 5.86. The quantitative estimate of drug-likeness (QED) is 0.672. The normalized spacial score (nSPS) is 14.9. The Hall–Kier alpha value is -0.340. The Bertz CT molecular complexity index is 305. The summed E-state index contributed by atoms with van der Waals surface area (Å²) in [6, 6.07) is 5.05. The molecule has 18 heavy (non-hydrogen) atoms. The van der Waals surface area contributed by atoms with Crippen LogP contribution in [0.4, 0.5) is 0 Å². The summed E-state index contributed by atoms with van der Waals surface area (Å²) in [6.45, 7) is 10.3. The number of unbranched alkanes of at least 4 members (excludes halogenated alkanes) is 1. The van der Waals surface area contributed by atoms with Gasteiger partial charge in [0.1, 0.15) is 0 Å². The van der Waals surface area contributed by atoms with Crippen molar-refractivity contribution in [1.82, 2.24) is 5.32 Å². The molecule has 1 aromatic heterocycles. The van der Waals surface area contributed by atoms with Crippen LogP contribution in [0.25, 0.3) is 0 Å². The lowest BCUT2D eigenvalue weighted by Crippen LogP contribution is -2.38. The highest BCUT2D eigenvalue weighted by molar-refractivity contribution is 7.09. The fourth-order valence-electron chi connectivity index (χ4n) is 2.42. The van der Waals surface area contributed by atoms with Crippen LogP contribution in [0.5, 0.6) is 0 Å². The summed E-state index contributed by atoms with van der Waals surface area (Å²) < 4.78 is 0. The second kappa shape index (κ2) is 7.96. The van der Waals surface area contributed by atoms with Gasteiger partial charge < -0.3 is 5.32 Å². The molecule has 0 saturated carbocycles. The number of rotatable bonds is 9. The second-order valence-corrected chi connectivity index (χ2v) is 6.78. The van der Waals surface area contributed by atoms with Gasteiger partial charge in [-0.1, -0.05) is 46.6 Å². The van der Waals surface area contributed by atoms with Crippen molar-refractivity contribution in [2.45, 2.75) is 65.8 Å². The molecule has 0 radical (unpaired) electrons. The SMILES string of the molecule is CCCCC(CC)(CNC(C)C)Cc1cccs1. The van der Waals surface area contributed by atoms with E-state index in [-0.39, 0.29) is 0 Å². The van der Waals surface area contributed by atoms with Gasteiger partial charge in [0.05, 0.1) is 0 Å².